The maximum Gasteiger partial charge on any atom is 0.243 e. The molecule has 3 aliphatic rings. The zero-order chi connectivity index (χ0) is 18.6. The van der Waals surface area contributed by atoms with Gasteiger partial charge in [-0.05, 0) is 38.3 Å². The van der Waals surface area contributed by atoms with Crippen molar-refractivity contribution in [3.05, 3.63) is 41.5 Å². The number of fused-ring (bicyclic) bond motifs is 1. The van der Waals surface area contributed by atoms with E-state index < -0.39 is 10.0 Å². The van der Waals surface area contributed by atoms with Crippen LogP contribution in [-0.4, -0.2) is 48.6 Å². The lowest BCUT2D eigenvalue weighted by molar-refractivity contribution is -0.145. The van der Waals surface area contributed by atoms with Crippen LogP contribution in [0.2, 0.25) is 0 Å². The van der Waals surface area contributed by atoms with E-state index in [0.717, 1.165) is 5.56 Å². The Morgan fingerprint density at radius 2 is 1.54 bits per heavy atom. The fraction of sp³-hybridized carbons (Fsp3) is 0.474. The van der Waals surface area contributed by atoms with Gasteiger partial charge < -0.3 is 0 Å². The Kier molecular flexibility index (Phi) is 4.04. The minimum atomic E-state index is -3.60. The minimum Gasteiger partial charge on any atom is -0.276 e. The van der Waals surface area contributed by atoms with E-state index in [4.69, 9.17) is 0 Å². The lowest BCUT2D eigenvalue weighted by Crippen LogP contribution is -2.62. The molecule has 2 saturated heterocycles. The van der Waals surface area contributed by atoms with Gasteiger partial charge in [0.25, 0.3) is 0 Å². The summed E-state index contributed by atoms with van der Waals surface area (Å²) >= 11 is 0. The molecule has 0 N–H and O–H groups in total. The number of hydrogen-bond acceptors (Lipinski definition) is 4. The van der Waals surface area contributed by atoms with Crippen molar-refractivity contribution in [1.82, 2.24) is 9.21 Å². The molecule has 0 saturated carbocycles. The van der Waals surface area contributed by atoms with Crippen molar-refractivity contribution in [2.75, 3.05) is 13.1 Å². The molecular formula is C19H22N2O4S. The Hall–Kier alpha value is -1.99. The molecule has 2 aliphatic heterocycles. The summed E-state index contributed by atoms with van der Waals surface area (Å²) in [7, 11) is -3.60. The predicted molar refractivity (Wildman–Crippen MR) is 95.7 cm³/mol. The van der Waals surface area contributed by atoms with Crippen molar-refractivity contribution in [2.45, 2.75) is 37.6 Å². The van der Waals surface area contributed by atoms with Gasteiger partial charge in [-0.25, -0.2) is 8.42 Å². The Balaban J connectivity index is 1.50. The molecule has 26 heavy (non-hydrogen) atoms. The molecule has 0 spiro atoms. The van der Waals surface area contributed by atoms with E-state index in [9.17, 15) is 18.0 Å². The van der Waals surface area contributed by atoms with Crippen LogP contribution in [0.15, 0.2) is 35.2 Å². The molecule has 2 amide bonds. The fourth-order valence-electron chi connectivity index (χ4n) is 4.19. The average Bonchev–Trinajstić information content (AvgIpc) is 2.79. The SMILES string of the molecule is Cc1ccc(S(=O)(=O)N2CC(N3C(=O)C4CC=CCC4C3=O)C2)c(C)c1. The van der Waals surface area contributed by atoms with Crippen molar-refractivity contribution >= 4 is 21.8 Å². The Labute approximate surface area is 153 Å². The molecule has 4 rings (SSSR count). The molecule has 2 atom stereocenters. The number of imide groups is 1. The molecule has 7 heteroatoms. The second kappa shape index (κ2) is 6.03. The first-order valence-electron chi connectivity index (χ1n) is 8.90. The third-order valence-corrected chi connectivity index (χ3v) is 7.68. The van der Waals surface area contributed by atoms with E-state index in [1.807, 2.05) is 25.1 Å². The van der Waals surface area contributed by atoms with Crippen LogP contribution < -0.4 is 0 Å². The molecule has 2 heterocycles. The Bertz CT molecular complexity index is 889. The Morgan fingerprint density at radius 3 is 2.08 bits per heavy atom. The lowest BCUT2D eigenvalue weighted by Gasteiger charge is -2.42. The lowest BCUT2D eigenvalue weighted by atomic mass is 9.85. The number of carbonyl (C=O) groups is 2. The highest BCUT2D eigenvalue weighted by Crippen LogP contribution is 2.38. The summed E-state index contributed by atoms with van der Waals surface area (Å²) in [6.45, 7) is 4.06. The summed E-state index contributed by atoms with van der Waals surface area (Å²) in [5.74, 6) is -0.814. The molecule has 138 valence electrons. The fourth-order valence-corrected chi connectivity index (χ4v) is 5.91. The molecule has 0 radical (unpaired) electrons. The first kappa shape index (κ1) is 17.4. The van der Waals surface area contributed by atoms with E-state index in [-0.39, 0.29) is 42.8 Å². The largest absolute Gasteiger partial charge is 0.276 e. The van der Waals surface area contributed by atoms with Crippen molar-refractivity contribution < 1.29 is 18.0 Å². The van der Waals surface area contributed by atoms with E-state index >= 15 is 0 Å². The predicted octanol–water partition coefficient (Wildman–Crippen LogP) is 1.63. The first-order chi connectivity index (χ1) is 12.3. The second-order valence-electron chi connectivity index (χ2n) is 7.45. The third kappa shape index (κ3) is 2.53. The molecular weight excluding hydrogens is 352 g/mol. The Morgan fingerprint density at radius 1 is 0.962 bits per heavy atom. The van der Waals surface area contributed by atoms with Crippen LogP contribution >= 0.6 is 0 Å². The highest BCUT2D eigenvalue weighted by molar-refractivity contribution is 7.89. The number of likely N-dealkylation sites (tertiary alicyclic amines) is 1. The highest BCUT2D eigenvalue weighted by atomic mass is 32.2. The average molecular weight is 374 g/mol. The topological polar surface area (TPSA) is 74.8 Å². The number of sulfonamides is 1. The molecule has 2 unspecified atom stereocenters. The van der Waals surface area contributed by atoms with Gasteiger partial charge in [0.15, 0.2) is 0 Å². The zero-order valence-corrected chi connectivity index (χ0v) is 15.7. The molecule has 1 aromatic rings. The van der Waals surface area contributed by atoms with Crippen LogP contribution in [0.4, 0.5) is 0 Å². The maximum atomic E-state index is 12.8. The van der Waals surface area contributed by atoms with Crippen LogP contribution in [0.5, 0.6) is 0 Å². The van der Waals surface area contributed by atoms with Crippen LogP contribution in [-0.2, 0) is 19.6 Å². The molecule has 0 aromatic heterocycles. The van der Waals surface area contributed by atoms with Gasteiger partial charge in [0.1, 0.15) is 0 Å². The van der Waals surface area contributed by atoms with E-state index in [0.29, 0.717) is 23.3 Å². The number of aryl methyl sites for hydroxylation is 2. The second-order valence-corrected chi connectivity index (χ2v) is 9.35. The summed E-state index contributed by atoms with van der Waals surface area (Å²) in [5, 5.41) is 0. The van der Waals surface area contributed by atoms with Gasteiger partial charge in [-0.2, -0.15) is 4.31 Å². The quantitative estimate of drug-likeness (QED) is 0.595. The van der Waals surface area contributed by atoms with Crippen LogP contribution in [0, 0.1) is 25.7 Å². The number of hydrogen-bond donors (Lipinski definition) is 0. The van der Waals surface area contributed by atoms with Crippen molar-refractivity contribution in [3.63, 3.8) is 0 Å². The minimum absolute atomic E-state index is 0.141. The molecule has 2 fully saturated rings. The van der Waals surface area contributed by atoms with Gasteiger partial charge in [0.2, 0.25) is 21.8 Å². The van der Waals surface area contributed by atoms with Gasteiger partial charge in [-0.3, -0.25) is 14.5 Å². The highest BCUT2D eigenvalue weighted by Gasteiger charge is 2.53. The summed E-state index contributed by atoms with van der Waals surface area (Å²) in [6, 6.07) is 4.90. The number of nitrogens with zero attached hydrogens (tertiary/aromatic N) is 2. The van der Waals surface area contributed by atoms with E-state index in [1.165, 1.54) is 9.21 Å². The van der Waals surface area contributed by atoms with Gasteiger partial charge in [-0.1, -0.05) is 29.8 Å². The normalized spacial score (nSPS) is 26.9. The first-order valence-corrected chi connectivity index (χ1v) is 10.3. The summed E-state index contributed by atoms with van der Waals surface area (Å²) in [4.78, 5) is 26.8. The number of carbonyl (C=O) groups excluding carboxylic acids is 2. The van der Waals surface area contributed by atoms with Crippen molar-refractivity contribution in [2.24, 2.45) is 11.8 Å². The van der Waals surface area contributed by atoms with Gasteiger partial charge in [-0.15, -0.1) is 0 Å². The monoisotopic (exact) mass is 374 g/mol. The van der Waals surface area contributed by atoms with Crippen LogP contribution in [0.3, 0.4) is 0 Å². The summed E-state index contributed by atoms with van der Waals surface area (Å²) < 4.78 is 27.1. The summed E-state index contributed by atoms with van der Waals surface area (Å²) in [6.07, 6.45) is 5.10. The van der Waals surface area contributed by atoms with Crippen molar-refractivity contribution in [3.8, 4) is 0 Å². The third-order valence-electron chi connectivity index (χ3n) is 5.68. The van der Waals surface area contributed by atoms with Gasteiger partial charge in [0.05, 0.1) is 22.8 Å². The van der Waals surface area contributed by atoms with Gasteiger partial charge in [0, 0.05) is 13.1 Å². The smallest absolute Gasteiger partial charge is 0.243 e. The maximum absolute atomic E-state index is 12.8. The number of allylic oxidation sites excluding steroid dienone is 2. The van der Waals surface area contributed by atoms with Gasteiger partial charge >= 0.3 is 0 Å². The molecule has 0 bridgehead atoms. The number of benzene rings is 1. The molecule has 6 nitrogen and oxygen atoms in total. The molecule has 1 aromatic carbocycles. The standard InChI is InChI=1S/C19H22N2O4S/c1-12-7-8-17(13(2)9-12)26(24,25)20-10-14(11-20)21-18(22)15-5-3-4-6-16(15)19(21)23/h3-4,7-9,14-16H,5-6,10-11H2,1-2H3. The van der Waals surface area contributed by atoms with E-state index in [1.54, 1.807) is 19.1 Å². The van der Waals surface area contributed by atoms with Crippen molar-refractivity contribution in [1.29, 1.82) is 0 Å². The van der Waals surface area contributed by atoms with Crippen LogP contribution in [0.1, 0.15) is 24.0 Å². The number of rotatable bonds is 3. The molecule has 1 aliphatic carbocycles. The van der Waals surface area contributed by atoms with Crippen LogP contribution in [0.25, 0.3) is 0 Å². The van der Waals surface area contributed by atoms with E-state index in [2.05, 4.69) is 0 Å². The zero-order valence-electron chi connectivity index (χ0n) is 14.9. The summed E-state index contributed by atoms with van der Waals surface area (Å²) in [5.41, 5.74) is 1.71. The number of amides is 2.